The Morgan fingerprint density at radius 3 is 2.50 bits per heavy atom. The number of aromatic nitrogens is 1. The molecule has 0 spiro atoms. The maximum atomic E-state index is 4.11. The van der Waals surface area contributed by atoms with Gasteiger partial charge < -0.3 is 0 Å². The molecule has 1 rings (SSSR count). The molecule has 12 heavy (non-hydrogen) atoms. The summed E-state index contributed by atoms with van der Waals surface area (Å²) in [4.78, 5) is 4.50. The van der Waals surface area contributed by atoms with E-state index in [4.69, 9.17) is 0 Å². The van der Waals surface area contributed by atoms with Crippen LogP contribution in [0.25, 0.3) is 0 Å². The predicted octanol–water partition coefficient (Wildman–Crippen LogP) is 3.94. The summed E-state index contributed by atoms with van der Waals surface area (Å²) in [7, 11) is 0. The van der Waals surface area contributed by atoms with E-state index in [9.17, 15) is 0 Å². The molecule has 0 saturated carbocycles. The highest BCUT2D eigenvalue weighted by molar-refractivity contribution is 9.10. The maximum absolute atomic E-state index is 4.11. The minimum Gasteiger partial charge on any atom is -0.263 e. The second kappa shape index (κ2) is 4.38. The molecule has 0 N–H and O–H groups in total. The van der Waals surface area contributed by atoms with E-state index in [2.05, 4.69) is 56.8 Å². The first-order valence-electron chi connectivity index (χ1n) is 3.86. The normalized spacial score (nSPS) is 13.4. The molecule has 0 aliphatic heterocycles. The topological polar surface area (TPSA) is 12.9 Å². The summed E-state index contributed by atoms with van der Waals surface area (Å²) in [5.74, 6) is 0.584. The van der Waals surface area contributed by atoms with Crippen LogP contribution in [0, 0.1) is 5.92 Å². The first kappa shape index (κ1) is 10.2. The average molecular weight is 293 g/mol. The molecule has 1 aromatic heterocycles. The molecule has 3 heteroatoms. The quantitative estimate of drug-likeness (QED) is 0.753. The maximum Gasteiger partial charge on any atom is 0.0433 e. The van der Waals surface area contributed by atoms with Crippen molar-refractivity contribution in [2.45, 2.75) is 18.7 Å². The van der Waals surface area contributed by atoms with Gasteiger partial charge in [-0.1, -0.05) is 29.8 Å². The van der Waals surface area contributed by atoms with Crippen molar-refractivity contribution in [1.29, 1.82) is 0 Å². The van der Waals surface area contributed by atoms with Crippen molar-refractivity contribution in [3.05, 3.63) is 28.5 Å². The van der Waals surface area contributed by atoms with Crippen LogP contribution in [0.15, 0.2) is 22.9 Å². The van der Waals surface area contributed by atoms with Gasteiger partial charge in [0.05, 0.1) is 0 Å². The van der Waals surface area contributed by atoms with Gasteiger partial charge in [0, 0.05) is 21.7 Å². The minimum atomic E-state index is 0.391. The van der Waals surface area contributed by atoms with Crippen LogP contribution in [0.3, 0.4) is 0 Å². The van der Waals surface area contributed by atoms with Crippen LogP contribution >= 0.6 is 31.9 Å². The number of hydrogen-bond acceptors (Lipinski definition) is 1. The Morgan fingerprint density at radius 1 is 1.33 bits per heavy atom. The van der Waals surface area contributed by atoms with E-state index >= 15 is 0 Å². The second-order valence-electron chi connectivity index (χ2n) is 3.08. The molecular weight excluding hydrogens is 282 g/mol. The fraction of sp³-hybridized carbons (Fsp3) is 0.444. The highest BCUT2D eigenvalue weighted by Gasteiger charge is 2.11. The van der Waals surface area contributed by atoms with Crippen molar-refractivity contribution in [2.24, 2.45) is 5.92 Å². The van der Waals surface area contributed by atoms with E-state index in [0.717, 1.165) is 4.47 Å². The fourth-order valence-electron chi connectivity index (χ4n) is 0.964. The van der Waals surface area contributed by atoms with Gasteiger partial charge >= 0.3 is 0 Å². The van der Waals surface area contributed by atoms with Crippen LogP contribution in [0.1, 0.15) is 24.2 Å². The Balaban J connectivity index is 2.88. The summed E-state index contributed by atoms with van der Waals surface area (Å²) in [5.41, 5.74) is 1.22. The number of hydrogen-bond donors (Lipinski definition) is 0. The standard InChI is InChI=1S/C9H11Br2N/c1-6(2)9(11)7-3-8(10)5-12-4-7/h3-6,9H,1-2H3/t9-/m1/s1. The summed E-state index contributed by atoms with van der Waals surface area (Å²) in [5, 5.41) is 0. The zero-order chi connectivity index (χ0) is 9.14. The van der Waals surface area contributed by atoms with Crippen molar-refractivity contribution < 1.29 is 0 Å². The lowest BCUT2D eigenvalue weighted by Crippen LogP contribution is -1.98. The van der Waals surface area contributed by atoms with Crippen LogP contribution in [-0.2, 0) is 0 Å². The second-order valence-corrected chi connectivity index (χ2v) is 4.98. The van der Waals surface area contributed by atoms with Gasteiger partial charge in [0.25, 0.3) is 0 Å². The van der Waals surface area contributed by atoms with Crippen molar-refractivity contribution in [2.75, 3.05) is 0 Å². The van der Waals surface area contributed by atoms with Gasteiger partial charge in [0.15, 0.2) is 0 Å². The molecule has 66 valence electrons. The summed E-state index contributed by atoms with van der Waals surface area (Å²) >= 11 is 7.02. The molecule has 1 nitrogen and oxygen atoms in total. The van der Waals surface area contributed by atoms with Crippen molar-refractivity contribution in [1.82, 2.24) is 4.98 Å². The van der Waals surface area contributed by atoms with Crippen molar-refractivity contribution >= 4 is 31.9 Å². The Hall–Kier alpha value is 0.110. The molecular formula is C9H11Br2N. The highest BCUT2D eigenvalue weighted by Crippen LogP contribution is 2.30. The number of rotatable bonds is 2. The number of alkyl halides is 1. The van der Waals surface area contributed by atoms with Gasteiger partial charge in [-0.2, -0.15) is 0 Å². The van der Waals surface area contributed by atoms with Gasteiger partial charge in [-0.25, -0.2) is 0 Å². The van der Waals surface area contributed by atoms with Gasteiger partial charge in [0.2, 0.25) is 0 Å². The lowest BCUT2D eigenvalue weighted by molar-refractivity contribution is 0.639. The largest absolute Gasteiger partial charge is 0.263 e. The third kappa shape index (κ3) is 2.56. The van der Waals surface area contributed by atoms with E-state index in [1.807, 2.05) is 6.20 Å². The van der Waals surface area contributed by atoms with Gasteiger partial charge in [0.1, 0.15) is 0 Å². The summed E-state index contributed by atoms with van der Waals surface area (Å²) in [6, 6.07) is 2.09. The highest BCUT2D eigenvalue weighted by atomic mass is 79.9. The zero-order valence-electron chi connectivity index (χ0n) is 7.09. The van der Waals surface area contributed by atoms with Crippen molar-refractivity contribution in [3.8, 4) is 0 Å². The summed E-state index contributed by atoms with van der Waals surface area (Å²) < 4.78 is 1.03. The van der Waals surface area contributed by atoms with Crippen LogP contribution in [0.2, 0.25) is 0 Å². The predicted molar refractivity (Wildman–Crippen MR) is 58.4 cm³/mol. The summed E-state index contributed by atoms with van der Waals surface area (Å²) in [6.07, 6.45) is 3.69. The zero-order valence-corrected chi connectivity index (χ0v) is 10.3. The molecule has 0 bridgehead atoms. The first-order valence-corrected chi connectivity index (χ1v) is 5.56. The fourth-order valence-corrected chi connectivity index (χ4v) is 1.60. The Labute approximate surface area is 89.8 Å². The molecule has 0 amide bonds. The number of pyridine rings is 1. The molecule has 1 atom stereocenters. The van der Waals surface area contributed by atoms with Crippen molar-refractivity contribution in [3.63, 3.8) is 0 Å². The van der Waals surface area contributed by atoms with Crippen LogP contribution in [0.4, 0.5) is 0 Å². The molecule has 0 saturated heterocycles. The van der Waals surface area contributed by atoms with Gasteiger partial charge in [-0.15, -0.1) is 0 Å². The molecule has 0 aromatic carbocycles. The Morgan fingerprint density at radius 2 is 2.00 bits per heavy atom. The smallest absolute Gasteiger partial charge is 0.0433 e. The lowest BCUT2D eigenvalue weighted by Gasteiger charge is -2.13. The van der Waals surface area contributed by atoms with Crippen LogP contribution in [0.5, 0.6) is 0 Å². The van der Waals surface area contributed by atoms with E-state index in [1.54, 1.807) is 6.20 Å². The molecule has 0 unspecified atom stereocenters. The molecule has 1 heterocycles. The van der Waals surface area contributed by atoms with E-state index in [0.29, 0.717) is 10.7 Å². The van der Waals surface area contributed by atoms with Crippen LogP contribution in [-0.4, -0.2) is 4.98 Å². The minimum absolute atomic E-state index is 0.391. The average Bonchev–Trinajstić information content (AvgIpc) is 2.03. The molecule has 0 radical (unpaired) electrons. The third-order valence-electron chi connectivity index (χ3n) is 1.63. The first-order chi connectivity index (χ1) is 5.61. The number of halogens is 2. The SMILES string of the molecule is CC(C)[C@@H](Br)c1cncc(Br)c1. The molecule has 0 aliphatic rings. The molecule has 1 aromatic rings. The van der Waals surface area contributed by atoms with Gasteiger partial charge in [-0.05, 0) is 33.5 Å². The Kier molecular flexibility index (Phi) is 3.72. The number of nitrogens with zero attached hydrogens (tertiary/aromatic N) is 1. The van der Waals surface area contributed by atoms with Crippen LogP contribution < -0.4 is 0 Å². The lowest BCUT2D eigenvalue weighted by atomic mass is 10.1. The summed E-state index contributed by atoms with van der Waals surface area (Å²) in [6.45, 7) is 4.36. The molecule has 0 fully saturated rings. The van der Waals surface area contributed by atoms with Gasteiger partial charge in [-0.3, -0.25) is 4.98 Å². The molecule has 0 aliphatic carbocycles. The Bertz CT molecular complexity index is 260. The monoisotopic (exact) mass is 291 g/mol. The van der Waals surface area contributed by atoms with E-state index in [1.165, 1.54) is 5.56 Å². The van der Waals surface area contributed by atoms with E-state index < -0.39 is 0 Å². The third-order valence-corrected chi connectivity index (χ3v) is 3.65. The van der Waals surface area contributed by atoms with E-state index in [-0.39, 0.29) is 0 Å².